The fraction of sp³-hybridized carbons (Fsp3) is 0.571. The van der Waals surface area contributed by atoms with Crippen LogP contribution in [0.15, 0.2) is 18.2 Å². The molecule has 0 aliphatic rings. The average Bonchev–Trinajstić information content (AvgIpc) is 2.31. The molecule has 0 spiro atoms. The van der Waals surface area contributed by atoms with E-state index in [4.69, 9.17) is 0 Å². The summed E-state index contributed by atoms with van der Waals surface area (Å²) in [5, 5.41) is 12.9. The molecule has 108 valence electrons. The maximum atomic E-state index is 13.4. The van der Waals surface area contributed by atoms with Crippen LogP contribution < -0.4 is 5.32 Å². The van der Waals surface area contributed by atoms with E-state index in [0.717, 1.165) is 18.2 Å². The quantitative estimate of drug-likeness (QED) is 0.830. The molecule has 0 saturated heterocycles. The van der Waals surface area contributed by atoms with E-state index in [0.29, 0.717) is 6.54 Å². The van der Waals surface area contributed by atoms with E-state index in [2.05, 4.69) is 24.1 Å². The van der Waals surface area contributed by atoms with Crippen LogP contribution in [-0.2, 0) is 0 Å². The number of hydrogen-bond acceptors (Lipinski definition) is 3. The van der Waals surface area contributed by atoms with Crippen LogP contribution in [0.5, 0.6) is 0 Å². The Morgan fingerprint density at radius 3 is 2.53 bits per heavy atom. The van der Waals surface area contributed by atoms with Gasteiger partial charge in [-0.05, 0) is 46.1 Å². The minimum atomic E-state index is -1.06. The van der Waals surface area contributed by atoms with Gasteiger partial charge >= 0.3 is 0 Å². The van der Waals surface area contributed by atoms with Gasteiger partial charge in [0.05, 0.1) is 6.10 Å². The lowest BCUT2D eigenvalue weighted by Gasteiger charge is -2.33. The highest BCUT2D eigenvalue weighted by Crippen LogP contribution is 2.18. The van der Waals surface area contributed by atoms with E-state index in [-0.39, 0.29) is 17.6 Å². The maximum absolute atomic E-state index is 13.4. The number of aliphatic hydroxyl groups is 1. The SMILES string of the molecule is CN(C)C(C)(C)CNCC(O)c1cc(F)ccc1F. The average molecular weight is 272 g/mol. The Bertz CT molecular complexity index is 422. The van der Waals surface area contributed by atoms with Crippen molar-refractivity contribution >= 4 is 0 Å². The summed E-state index contributed by atoms with van der Waals surface area (Å²) in [5.74, 6) is -1.15. The smallest absolute Gasteiger partial charge is 0.129 e. The molecule has 1 aromatic carbocycles. The van der Waals surface area contributed by atoms with Crippen LogP contribution in [0.25, 0.3) is 0 Å². The molecule has 0 aromatic heterocycles. The van der Waals surface area contributed by atoms with Crippen LogP contribution in [0.4, 0.5) is 8.78 Å². The number of nitrogens with zero attached hydrogens (tertiary/aromatic N) is 1. The van der Waals surface area contributed by atoms with Crippen molar-refractivity contribution in [3.63, 3.8) is 0 Å². The lowest BCUT2D eigenvalue weighted by Crippen LogP contribution is -2.47. The van der Waals surface area contributed by atoms with Crippen LogP contribution in [0, 0.1) is 11.6 Å². The van der Waals surface area contributed by atoms with Crippen LogP contribution >= 0.6 is 0 Å². The highest BCUT2D eigenvalue weighted by Gasteiger charge is 2.21. The predicted octanol–water partition coefficient (Wildman–Crippen LogP) is 1.93. The number of nitrogens with one attached hydrogen (secondary N) is 1. The van der Waals surface area contributed by atoms with Crippen LogP contribution in [-0.4, -0.2) is 42.7 Å². The van der Waals surface area contributed by atoms with E-state index < -0.39 is 17.7 Å². The van der Waals surface area contributed by atoms with Gasteiger partial charge in [0.25, 0.3) is 0 Å². The normalized spacial score (nSPS) is 13.9. The number of aliphatic hydroxyl groups excluding tert-OH is 1. The van der Waals surface area contributed by atoms with Crippen molar-refractivity contribution in [3.05, 3.63) is 35.4 Å². The first kappa shape index (κ1) is 16.0. The lowest BCUT2D eigenvalue weighted by atomic mass is 10.0. The molecule has 0 saturated carbocycles. The molecule has 19 heavy (non-hydrogen) atoms. The van der Waals surface area contributed by atoms with Gasteiger partial charge in [0.15, 0.2) is 0 Å². The Labute approximate surface area is 113 Å². The predicted molar refractivity (Wildman–Crippen MR) is 72.0 cm³/mol. The van der Waals surface area contributed by atoms with E-state index >= 15 is 0 Å². The first-order valence-corrected chi connectivity index (χ1v) is 6.25. The van der Waals surface area contributed by atoms with Gasteiger partial charge in [-0.15, -0.1) is 0 Å². The third-order valence-electron chi connectivity index (χ3n) is 3.42. The second kappa shape index (κ2) is 6.41. The third-order valence-corrected chi connectivity index (χ3v) is 3.42. The van der Waals surface area contributed by atoms with Crippen LogP contribution in [0.3, 0.4) is 0 Å². The molecule has 0 heterocycles. The molecular weight excluding hydrogens is 250 g/mol. The number of rotatable bonds is 6. The molecule has 2 N–H and O–H groups in total. The molecule has 0 radical (unpaired) electrons. The minimum Gasteiger partial charge on any atom is -0.387 e. The molecule has 0 fully saturated rings. The van der Waals surface area contributed by atoms with Gasteiger partial charge in [0.2, 0.25) is 0 Å². The Morgan fingerprint density at radius 2 is 1.95 bits per heavy atom. The number of benzene rings is 1. The number of halogens is 2. The monoisotopic (exact) mass is 272 g/mol. The summed E-state index contributed by atoms with van der Waals surface area (Å²) in [4.78, 5) is 2.05. The Hall–Kier alpha value is -1.04. The minimum absolute atomic E-state index is 0.0184. The molecule has 1 atom stereocenters. The Balaban J connectivity index is 2.56. The highest BCUT2D eigenvalue weighted by atomic mass is 19.1. The maximum Gasteiger partial charge on any atom is 0.129 e. The number of likely N-dealkylation sites (N-methyl/N-ethyl adjacent to an activating group) is 1. The van der Waals surface area contributed by atoms with E-state index in [1.165, 1.54) is 0 Å². The fourth-order valence-corrected chi connectivity index (χ4v) is 1.55. The van der Waals surface area contributed by atoms with Gasteiger partial charge in [-0.25, -0.2) is 8.78 Å². The van der Waals surface area contributed by atoms with Gasteiger partial charge in [0.1, 0.15) is 11.6 Å². The summed E-state index contributed by atoms with van der Waals surface area (Å²) >= 11 is 0. The lowest BCUT2D eigenvalue weighted by molar-refractivity contribution is 0.149. The summed E-state index contributed by atoms with van der Waals surface area (Å²) in [7, 11) is 3.93. The van der Waals surface area contributed by atoms with E-state index in [1.807, 2.05) is 14.1 Å². The molecule has 0 bridgehead atoms. The zero-order valence-corrected chi connectivity index (χ0v) is 11.9. The van der Waals surface area contributed by atoms with Crippen molar-refractivity contribution in [2.45, 2.75) is 25.5 Å². The summed E-state index contributed by atoms with van der Waals surface area (Å²) < 4.78 is 26.5. The van der Waals surface area contributed by atoms with Gasteiger partial charge in [-0.1, -0.05) is 0 Å². The standard InChI is InChI=1S/C14H22F2N2O/c1-14(2,18(3)4)9-17-8-13(19)11-7-10(15)5-6-12(11)16/h5-7,13,17,19H,8-9H2,1-4H3. The first-order chi connectivity index (χ1) is 8.74. The van der Waals surface area contributed by atoms with Gasteiger partial charge in [0, 0.05) is 24.2 Å². The Kier molecular flexibility index (Phi) is 5.40. The van der Waals surface area contributed by atoms with Crippen LogP contribution in [0.2, 0.25) is 0 Å². The van der Waals surface area contributed by atoms with Crippen molar-refractivity contribution in [1.82, 2.24) is 10.2 Å². The van der Waals surface area contributed by atoms with Crippen molar-refractivity contribution in [2.75, 3.05) is 27.2 Å². The molecule has 1 unspecified atom stereocenters. The molecular formula is C14H22F2N2O. The molecule has 5 heteroatoms. The van der Waals surface area contributed by atoms with E-state index in [9.17, 15) is 13.9 Å². The molecule has 3 nitrogen and oxygen atoms in total. The second-order valence-electron chi connectivity index (χ2n) is 5.52. The first-order valence-electron chi connectivity index (χ1n) is 6.25. The van der Waals surface area contributed by atoms with Crippen molar-refractivity contribution in [1.29, 1.82) is 0 Å². The van der Waals surface area contributed by atoms with Gasteiger partial charge in [-0.2, -0.15) is 0 Å². The largest absolute Gasteiger partial charge is 0.387 e. The molecule has 0 aliphatic heterocycles. The molecule has 0 amide bonds. The van der Waals surface area contributed by atoms with Gasteiger partial charge < -0.3 is 15.3 Å². The summed E-state index contributed by atoms with van der Waals surface area (Å²) in [5.41, 5.74) is -0.102. The third kappa shape index (κ3) is 4.53. The fourth-order valence-electron chi connectivity index (χ4n) is 1.55. The molecule has 1 aromatic rings. The van der Waals surface area contributed by atoms with Crippen molar-refractivity contribution < 1.29 is 13.9 Å². The van der Waals surface area contributed by atoms with Crippen LogP contribution in [0.1, 0.15) is 25.5 Å². The topological polar surface area (TPSA) is 35.5 Å². The molecule has 1 rings (SSSR count). The van der Waals surface area contributed by atoms with Crippen molar-refractivity contribution in [2.24, 2.45) is 0 Å². The number of hydrogen-bond donors (Lipinski definition) is 2. The second-order valence-corrected chi connectivity index (χ2v) is 5.52. The molecule has 0 aliphatic carbocycles. The summed E-state index contributed by atoms with van der Waals surface area (Å²) in [6.45, 7) is 4.91. The zero-order valence-electron chi connectivity index (χ0n) is 11.9. The van der Waals surface area contributed by atoms with E-state index in [1.54, 1.807) is 0 Å². The zero-order chi connectivity index (χ0) is 14.6. The van der Waals surface area contributed by atoms with Crippen molar-refractivity contribution in [3.8, 4) is 0 Å². The highest BCUT2D eigenvalue weighted by molar-refractivity contribution is 5.21. The Morgan fingerprint density at radius 1 is 1.32 bits per heavy atom. The summed E-state index contributed by atoms with van der Waals surface area (Å²) in [6.07, 6.45) is -1.06. The summed E-state index contributed by atoms with van der Waals surface area (Å²) in [6, 6.07) is 3.09. The van der Waals surface area contributed by atoms with Gasteiger partial charge in [-0.3, -0.25) is 0 Å².